The third-order valence-corrected chi connectivity index (χ3v) is 4.36. The Morgan fingerprint density at radius 1 is 1.28 bits per heavy atom. The lowest BCUT2D eigenvalue weighted by atomic mass is 10.1. The number of aromatic nitrogens is 1. The maximum atomic E-state index is 12.5. The molecule has 1 fully saturated rings. The van der Waals surface area contributed by atoms with E-state index in [4.69, 9.17) is 9.47 Å². The number of rotatable bonds is 6. The highest BCUT2D eigenvalue weighted by Crippen LogP contribution is 2.20. The van der Waals surface area contributed by atoms with E-state index in [0.717, 1.165) is 24.4 Å². The fourth-order valence-corrected chi connectivity index (χ4v) is 2.95. The predicted molar refractivity (Wildman–Crippen MR) is 94.7 cm³/mol. The van der Waals surface area contributed by atoms with E-state index >= 15 is 0 Å². The molecule has 1 aromatic carbocycles. The predicted octanol–water partition coefficient (Wildman–Crippen LogP) is 1.89. The molecule has 1 unspecified atom stereocenters. The zero-order chi connectivity index (χ0) is 17.5. The Kier molecular flexibility index (Phi) is 5.98. The molecular weight excluding hydrogens is 318 g/mol. The van der Waals surface area contributed by atoms with Crippen LogP contribution in [0.5, 0.6) is 5.75 Å². The smallest absolute Gasteiger partial charge is 0.251 e. The summed E-state index contributed by atoms with van der Waals surface area (Å²) in [5, 5.41) is 3.04. The third kappa shape index (κ3) is 4.55. The molecule has 132 valence electrons. The van der Waals surface area contributed by atoms with Gasteiger partial charge in [0.15, 0.2) is 0 Å². The third-order valence-electron chi connectivity index (χ3n) is 4.36. The number of morpholine rings is 1. The number of hydrogen-bond donors (Lipinski definition) is 1. The summed E-state index contributed by atoms with van der Waals surface area (Å²) in [7, 11) is 1.61. The number of carbonyl (C=O) groups excluding carboxylic acids is 1. The van der Waals surface area contributed by atoms with Gasteiger partial charge in [0, 0.05) is 37.6 Å². The van der Waals surface area contributed by atoms with Crippen LogP contribution < -0.4 is 10.1 Å². The number of benzene rings is 1. The number of amides is 1. The molecule has 1 amide bonds. The second-order valence-electron chi connectivity index (χ2n) is 5.89. The molecule has 3 rings (SSSR count). The van der Waals surface area contributed by atoms with Gasteiger partial charge in [0.1, 0.15) is 5.75 Å². The fraction of sp³-hybridized carbons (Fsp3) is 0.368. The van der Waals surface area contributed by atoms with Crippen LogP contribution in [-0.2, 0) is 4.74 Å². The van der Waals surface area contributed by atoms with Gasteiger partial charge in [-0.3, -0.25) is 14.7 Å². The summed E-state index contributed by atoms with van der Waals surface area (Å²) >= 11 is 0. The van der Waals surface area contributed by atoms with Crippen LogP contribution >= 0.6 is 0 Å². The van der Waals surface area contributed by atoms with Crippen molar-refractivity contribution in [3.8, 4) is 5.75 Å². The Balaban J connectivity index is 1.68. The molecule has 2 heterocycles. The Labute approximate surface area is 147 Å². The number of methoxy groups -OCH3 is 1. The molecule has 6 heteroatoms. The molecule has 0 bridgehead atoms. The second kappa shape index (κ2) is 8.60. The van der Waals surface area contributed by atoms with Gasteiger partial charge in [-0.25, -0.2) is 0 Å². The van der Waals surface area contributed by atoms with Crippen LogP contribution in [-0.4, -0.2) is 55.7 Å². The number of ether oxygens (including phenoxy) is 2. The van der Waals surface area contributed by atoms with E-state index in [1.54, 1.807) is 37.6 Å². The minimum Gasteiger partial charge on any atom is -0.497 e. The van der Waals surface area contributed by atoms with E-state index in [1.807, 2.05) is 18.3 Å². The molecule has 1 atom stereocenters. The lowest BCUT2D eigenvalue weighted by Gasteiger charge is -2.34. The van der Waals surface area contributed by atoms with Crippen LogP contribution in [0.3, 0.4) is 0 Å². The highest BCUT2D eigenvalue weighted by molar-refractivity contribution is 5.94. The van der Waals surface area contributed by atoms with Crippen LogP contribution in [0.15, 0.2) is 48.8 Å². The summed E-state index contributed by atoms with van der Waals surface area (Å²) in [5.41, 5.74) is 1.71. The van der Waals surface area contributed by atoms with Crippen LogP contribution in [0.25, 0.3) is 0 Å². The molecule has 0 spiro atoms. The van der Waals surface area contributed by atoms with Crippen molar-refractivity contribution in [1.82, 2.24) is 15.2 Å². The molecule has 1 N–H and O–H groups in total. The maximum absolute atomic E-state index is 12.5. The van der Waals surface area contributed by atoms with Crippen LogP contribution in [0, 0.1) is 0 Å². The van der Waals surface area contributed by atoms with Gasteiger partial charge in [0.2, 0.25) is 0 Å². The van der Waals surface area contributed by atoms with Gasteiger partial charge in [-0.05, 0) is 35.9 Å². The fourth-order valence-electron chi connectivity index (χ4n) is 2.95. The summed E-state index contributed by atoms with van der Waals surface area (Å²) in [6.45, 7) is 3.64. The number of nitrogens with one attached hydrogen (secondary N) is 1. The van der Waals surface area contributed by atoms with Gasteiger partial charge < -0.3 is 14.8 Å². The monoisotopic (exact) mass is 341 g/mol. The molecule has 1 aliphatic heterocycles. The van der Waals surface area contributed by atoms with Gasteiger partial charge in [0.05, 0.1) is 26.4 Å². The minimum absolute atomic E-state index is 0.0831. The van der Waals surface area contributed by atoms with E-state index in [2.05, 4.69) is 15.2 Å². The Morgan fingerprint density at radius 3 is 2.68 bits per heavy atom. The SMILES string of the molecule is COc1ccc(C(=O)NCC(c2cccnc2)N2CCOCC2)cc1. The van der Waals surface area contributed by atoms with Crippen LogP contribution in [0.2, 0.25) is 0 Å². The quantitative estimate of drug-likeness (QED) is 0.869. The molecule has 1 aliphatic rings. The van der Waals surface area contributed by atoms with Gasteiger partial charge in [0.25, 0.3) is 5.91 Å². The van der Waals surface area contributed by atoms with E-state index in [1.165, 1.54) is 0 Å². The van der Waals surface area contributed by atoms with Gasteiger partial charge in [-0.15, -0.1) is 0 Å². The molecule has 2 aromatic rings. The molecule has 0 radical (unpaired) electrons. The second-order valence-corrected chi connectivity index (χ2v) is 5.89. The molecule has 1 saturated heterocycles. The van der Waals surface area contributed by atoms with E-state index in [9.17, 15) is 4.79 Å². The number of pyridine rings is 1. The number of nitrogens with zero attached hydrogens (tertiary/aromatic N) is 2. The van der Waals surface area contributed by atoms with E-state index in [0.29, 0.717) is 25.3 Å². The zero-order valence-electron chi connectivity index (χ0n) is 14.4. The lowest BCUT2D eigenvalue weighted by molar-refractivity contribution is 0.0161. The van der Waals surface area contributed by atoms with Crippen molar-refractivity contribution >= 4 is 5.91 Å². The highest BCUT2D eigenvalue weighted by Gasteiger charge is 2.23. The highest BCUT2D eigenvalue weighted by atomic mass is 16.5. The zero-order valence-corrected chi connectivity index (χ0v) is 14.4. The van der Waals surface area contributed by atoms with Crippen molar-refractivity contribution in [2.24, 2.45) is 0 Å². The van der Waals surface area contributed by atoms with Crippen molar-refractivity contribution in [2.45, 2.75) is 6.04 Å². The van der Waals surface area contributed by atoms with E-state index in [-0.39, 0.29) is 11.9 Å². The molecule has 6 nitrogen and oxygen atoms in total. The van der Waals surface area contributed by atoms with Crippen molar-refractivity contribution in [3.05, 3.63) is 59.9 Å². The summed E-state index contributed by atoms with van der Waals surface area (Å²) in [4.78, 5) is 19.0. The molecule has 0 saturated carbocycles. The summed E-state index contributed by atoms with van der Waals surface area (Å²) in [5.74, 6) is 0.642. The Bertz CT molecular complexity index is 670. The summed E-state index contributed by atoms with van der Waals surface area (Å²) < 4.78 is 10.6. The van der Waals surface area contributed by atoms with Crippen LogP contribution in [0.1, 0.15) is 22.0 Å². The van der Waals surface area contributed by atoms with Gasteiger partial charge in [-0.1, -0.05) is 6.07 Å². The Hall–Kier alpha value is -2.44. The van der Waals surface area contributed by atoms with Gasteiger partial charge in [-0.2, -0.15) is 0 Å². The van der Waals surface area contributed by atoms with E-state index < -0.39 is 0 Å². The first-order valence-corrected chi connectivity index (χ1v) is 8.42. The molecular formula is C19H23N3O3. The normalized spacial score (nSPS) is 16.2. The standard InChI is InChI=1S/C19H23N3O3/c1-24-17-6-4-15(5-7-17)19(23)21-14-18(16-3-2-8-20-13-16)22-9-11-25-12-10-22/h2-8,13,18H,9-12,14H2,1H3,(H,21,23). The first-order chi connectivity index (χ1) is 12.3. The van der Waals surface area contributed by atoms with Crippen molar-refractivity contribution in [3.63, 3.8) is 0 Å². The molecule has 0 aliphatic carbocycles. The molecule has 1 aromatic heterocycles. The number of carbonyl (C=O) groups is 1. The number of hydrogen-bond acceptors (Lipinski definition) is 5. The first kappa shape index (κ1) is 17.4. The van der Waals surface area contributed by atoms with Crippen LogP contribution in [0.4, 0.5) is 0 Å². The minimum atomic E-state index is -0.0928. The first-order valence-electron chi connectivity index (χ1n) is 8.42. The van der Waals surface area contributed by atoms with Crippen molar-refractivity contribution < 1.29 is 14.3 Å². The topological polar surface area (TPSA) is 63.7 Å². The summed E-state index contributed by atoms with van der Waals surface area (Å²) in [6, 6.07) is 11.2. The maximum Gasteiger partial charge on any atom is 0.251 e. The average molecular weight is 341 g/mol. The summed E-state index contributed by atoms with van der Waals surface area (Å²) in [6.07, 6.45) is 3.62. The Morgan fingerprint density at radius 2 is 2.04 bits per heavy atom. The largest absolute Gasteiger partial charge is 0.497 e. The lowest BCUT2D eigenvalue weighted by Crippen LogP contribution is -2.43. The molecule has 25 heavy (non-hydrogen) atoms. The van der Waals surface area contributed by atoms with Crippen molar-refractivity contribution in [2.75, 3.05) is 40.0 Å². The average Bonchev–Trinajstić information content (AvgIpc) is 2.70. The van der Waals surface area contributed by atoms with Crippen molar-refractivity contribution in [1.29, 1.82) is 0 Å². The van der Waals surface area contributed by atoms with Gasteiger partial charge >= 0.3 is 0 Å².